The van der Waals surface area contributed by atoms with E-state index >= 15 is 0 Å². The molecule has 1 aliphatic rings. The number of amides is 2. The highest BCUT2D eigenvalue weighted by Gasteiger charge is 2.37. The number of hydrogen-bond acceptors (Lipinski definition) is 7. The summed E-state index contributed by atoms with van der Waals surface area (Å²) in [5, 5.41) is 3.51. The molecule has 11 heteroatoms. The number of rotatable bonds is 7. The van der Waals surface area contributed by atoms with Gasteiger partial charge >= 0.3 is 0 Å². The average Bonchev–Trinajstić information content (AvgIpc) is 3.12. The molecule has 0 aliphatic carbocycles. The number of nitrogens with two attached hydrogens (primary N) is 1. The van der Waals surface area contributed by atoms with Crippen LogP contribution in [0.15, 0.2) is 29.9 Å². The van der Waals surface area contributed by atoms with E-state index in [2.05, 4.69) is 9.97 Å². The minimum atomic E-state index is -0.527. The maximum atomic E-state index is 13.3. The molecular formula is C22H23Cl2N5O3S. The van der Waals surface area contributed by atoms with Gasteiger partial charge in [-0.15, -0.1) is 11.3 Å². The highest BCUT2D eigenvalue weighted by Crippen LogP contribution is 2.38. The molecule has 2 aromatic heterocycles. The van der Waals surface area contributed by atoms with Crippen molar-refractivity contribution < 1.29 is 14.3 Å². The first kappa shape index (κ1) is 23.5. The first-order chi connectivity index (χ1) is 15.9. The molecule has 0 bridgehead atoms. The van der Waals surface area contributed by atoms with Crippen molar-refractivity contribution in [1.29, 1.82) is 0 Å². The predicted molar refractivity (Wildman–Crippen MR) is 130 cm³/mol. The fourth-order valence-electron chi connectivity index (χ4n) is 3.90. The van der Waals surface area contributed by atoms with Gasteiger partial charge < -0.3 is 20.3 Å². The Morgan fingerprint density at radius 3 is 2.85 bits per heavy atom. The van der Waals surface area contributed by atoms with Gasteiger partial charge in [0.15, 0.2) is 11.7 Å². The summed E-state index contributed by atoms with van der Waals surface area (Å²) in [6.07, 6.45) is 2.77. The van der Waals surface area contributed by atoms with Crippen LogP contribution in [-0.4, -0.2) is 57.3 Å². The van der Waals surface area contributed by atoms with Crippen LogP contribution in [-0.2, 0) is 16.1 Å². The third kappa shape index (κ3) is 5.00. The van der Waals surface area contributed by atoms with Crippen LogP contribution >= 0.6 is 34.5 Å². The lowest BCUT2D eigenvalue weighted by atomic mass is 10.0. The molecule has 1 atom stereocenters. The Morgan fingerprint density at radius 1 is 1.30 bits per heavy atom. The molecule has 174 valence electrons. The number of nitrogens with zero attached hydrogens (tertiary/aromatic N) is 4. The van der Waals surface area contributed by atoms with E-state index in [1.807, 2.05) is 25.1 Å². The molecule has 0 spiro atoms. The van der Waals surface area contributed by atoms with E-state index in [1.165, 1.54) is 17.7 Å². The van der Waals surface area contributed by atoms with Gasteiger partial charge in [0.1, 0.15) is 23.2 Å². The average molecular weight is 508 g/mol. The predicted octanol–water partition coefficient (Wildman–Crippen LogP) is 4.00. The highest BCUT2D eigenvalue weighted by atomic mass is 35.5. The number of fused-ring (bicyclic) bond motifs is 1. The molecule has 0 radical (unpaired) electrons. The number of thiophene rings is 1. The molecule has 0 unspecified atom stereocenters. The summed E-state index contributed by atoms with van der Waals surface area (Å²) in [6, 6.07) is 5.18. The van der Waals surface area contributed by atoms with E-state index in [4.69, 9.17) is 33.7 Å². The molecule has 0 saturated carbocycles. The fraction of sp³-hybridized carbons (Fsp3) is 0.364. The van der Waals surface area contributed by atoms with Crippen molar-refractivity contribution in [3.8, 4) is 5.06 Å². The lowest BCUT2D eigenvalue weighted by molar-refractivity contribution is -0.153. The Bertz CT molecular complexity index is 1190. The Kier molecular flexibility index (Phi) is 7.21. The van der Waals surface area contributed by atoms with Crippen molar-refractivity contribution >= 4 is 63.1 Å². The zero-order valence-corrected chi connectivity index (χ0v) is 20.3. The molecule has 2 amide bonds. The van der Waals surface area contributed by atoms with Crippen LogP contribution in [0.4, 0.5) is 5.82 Å². The quantitative estimate of drug-likeness (QED) is 0.518. The molecule has 1 saturated heterocycles. The molecule has 1 aromatic carbocycles. The third-order valence-corrected chi connectivity index (χ3v) is 7.46. The molecule has 4 rings (SSSR count). The summed E-state index contributed by atoms with van der Waals surface area (Å²) in [5.41, 5.74) is 7.58. The monoisotopic (exact) mass is 507 g/mol. The molecule has 3 aromatic rings. The maximum absolute atomic E-state index is 13.3. The summed E-state index contributed by atoms with van der Waals surface area (Å²) in [7, 11) is 0. The number of nitrogen functional groups attached to an aromatic ring is 1. The Labute approximate surface area is 205 Å². The van der Waals surface area contributed by atoms with E-state index in [1.54, 1.807) is 15.2 Å². The van der Waals surface area contributed by atoms with Crippen LogP contribution in [0.1, 0.15) is 25.3 Å². The summed E-state index contributed by atoms with van der Waals surface area (Å²) in [5.74, 6) is 0.0990. The summed E-state index contributed by atoms with van der Waals surface area (Å²) in [6.45, 7) is 3.09. The van der Waals surface area contributed by atoms with Crippen LogP contribution in [0.2, 0.25) is 10.0 Å². The van der Waals surface area contributed by atoms with E-state index in [0.29, 0.717) is 47.0 Å². The van der Waals surface area contributed by atoms with Crippen molar-refractivity contribution in [3.05, 3.63) is 45.5 Å². The maximum Gasteiger partial charge on any atom is 0.261 e. The molecule has 1 fully saturated rings. The number of carbonyl (C=O) groups is 2. The number of aromatic nitrogens is 2. The number of ether oxygens (including phenoxy) is 1. The van der Waals surface area contributed by atoms with Crippen molar-refractivity contribution in [2.45, 2.75) is 32.4 Å². The van der Waals surface area contributed by atoms with Crippen molar-refractivity contribution in [2.75, 3.05) is 25.4 Å². The summed E-state index contributed by atoms with van der Waals surface area (Å²) in [4.78, 5) is 37.9. The van der Waals surface area contributed by atoms with Gasteiger partial charge in [0, 0.05) is 30.4 Å². The fourth-order valence-corrected chi connectivity index (χ4v) is 5.15. The van der Waals surface area contributed by atoms with Crippen LogP contribution in [0.5, 0.6) is 5.06 Å². The highest BCUT2D eigenvalue weighted by molar-refractivity contribution is 7.13. The molecule has 3 heterocycles. The minimum Gasteiger partial charge on any atom is -0.473 e. The third-order valence-electron chi connectivity index (χ3n) is 5.56. The molecule has 8 nitrogen and oxygen atoms in total. The standard InChI is InChI=1S/C22H23Cl2N5O3S/c1-2-3-17-21(31)28(9-13-4-5-14-16(8-13)26-12-27-20(14)25)6-7-29(17)18(30)10-32-22-19(24)15(23)11-33-22/h4-5,8,11-12,17H,2-3,6-7,9-10H2,1H3,(H2,25,26,27)/t17-/m0/s1. The lowest BCUT2D eigenvalue weighted by Gasteiger charge is -2.40. The zero-order valence-electron chi connectivity index (χ0n) is 18.0. The first-order valence-corrected chi connectivity index (χ1v) is 12.1. The number of benzene rings is 1. The number of halogens is 2. The largest absolute Gasteiger partial charge is 0.473 e. The summed E-state index contributed by atoms with van der Waals surface area (Å²) < 4.78 is 5.57. The van der Waals surface area contributed by atoms with Gasteiger partial charge in [-0.2, -0.15) is 0 Å². The smallest absolute Gasteiger partial charge is 0.261 e. The van der Waals surface area contributed by atoms with Crippen LogP contribution < -0.4 is 10.5 Å². The minimum absolute atomic E-state index is 0.0732. The van der Waals surface area contributed by atoms with E-state index in [0.717, 1.165) is 22.9 Å². The van der Waals surface area contributed by atoms with Gasteiger partial charge in [0.05, 0.1) is 10.5 Å². The number of hydrogen-bond donors (Lipinski definition) is 1. The normalized spacial score (nSPS) is 16.5. The van der Waals surface area contributed by atoms with Crippen LogP contribution in [0.3, 0.4) is 0 Å². The number of carbonyl (C=O) groups excluding carboxylic acids is 2. The Morgan fingerprint density at radius 2 is 2.12 bits per heavy atom. The van der Waals surface area contributed by atoms with Crippen LogP contribution in [0, 0.1) is 0 Å². The van der Waals surface area contributed by atoms with Crippen molar-refractivity contribution in [2.24, 2.45) is 0 Å². The second-order valence-corrected chi connectivity index (χ2v) is 9.36. The van der Waals surface area contributed by atoms with Gasteiger partial charge in [-0.05, 0) is 24.1 Å². The number of anilines is 1. The second kappa shape index (κ2) is 10.1. The van der Waals surface area contributed by atoms with Gasteiger partial charge in [-0.1, -0.05) is 42.6 Å². The molecule has 2 N–H and O–H groups in total. The molecule has 1 aliphatic heterocycles. The van der Waals surface area contributed by atoms with Crippen molar-refractivity contribution in [1.82, 2.24) is 19.8 Å². The Balaban J connectivity index is 1.44. The van der Waals surface area contributed by atoms with E-state index < -0.39 is 6.04 Å². The van der Waals surface area contributed by atoms with Gasteiger partial charge in [-0.3, -0.25) is 9.59 Å². The first-order valence-electron chi connectivity index (χ1n) is 10.5. The van der Waals surface area contributed by atoms with Crippen molar-refractivity contribution in [3.63, 3.8) is 0 Å². The molecular weight excluding hydrogens is 485 g/mol. The zero-order chi connectivity index (χ0) is 23.5. The lowest BCUT2D eigenvalue weighted by Crippen LogP contribution is -2.59. The van der Waals surface area contributed by atoms with E-state index in [-0.39, 0.29) is 18.4 Å². The summed E-state index contributed by atoms with van der Waals surface area (Å²) >= 11 is 13.2. The van der Waals surface area contributed by atoms with E-state index in [9.17, 15) is 9.59 Å². The number of piperazine rings is 1. The van der Waals surface area contributed by atoms with Gasteiger partial charge in [0.25, 0.3) is 5.91 Å². The van der Waals surface area contributed by atoms with Gasteiger partial charge in [0.2, 0.25) is 5.91 Å². The SMILES string of the molecule is CCC[C@H]1C(=O)N(Cc2ccc3c(N)ncnc3c2)CCN1C(=O)COc1scc(Cl)c1Cl. The Hall–Kier alpha value is -2.62. The topological polar surface area (TPSA) is 102 Å². The van der Waals surface area contributed by atoms with Gasteiger partial charge in [-0.25, -0.2) is 9.97 Å². The van der Waals surface area contributed by atoms with Crippen LogP contribution in [0.25, 0.3) is 10.9 Å². The second-order valence-electron chi connectivity index (χ2n) is 7.74. The molecule has 33 heavy (non-hydrogen) atoms.